The molecule has 2 rings (SSSR count). The van der Waals surface area contributed by atoms with E-state index in [9.17, 15) is 22.9 Å². The summed E-state index contributed by atoms with van der Waals surface area (Å²) in [5.74, 6) is -1.19. The quantitative estimate of drug-likeness (QED) is 0.522. The van der Waals surface area contributed by atoms with E-state index in [1.165, 1.54) is 0 Å². The SMILES string of the molecule is O=[N+]([O-])c1ccc(S(=O)(=O)NC2CCCC2Cl)cc1F. The van der Waals surface area contributed by atoms with Crippen LogP contribution in [0.5, 0.6) is 0 Å². The highest BCUT2D eigenvalue weighted by Crippen LogP contribution is 2.26. The van der Waals surface area contributed by atoms with Gasteiger partial charge in [0.25, 0.3) is 0 Å². The number of nitro benzene ring substituents is 1. The molecule has 0 amide bonds. The van der Waals surface area contributed by atoms with Crippen LogP contribution in [0, 0.1) is 15.9 Å². The summed E-state index contributed by atoms with van der Waals surface area (Å²) < 4.78 is 40.0. The van der Waals surface area contributed by atoms with E-state index in [0.29, 0.717) is 18.9 Å². The molecule has 1 aromatic rings. The Morgan fingerprint density at radius 3 is 2.60 bits per heavy atom. The first kappa shape index (κ1) is 15.1. The number of nitrogens with zero attached hydrogens (tertiary/aromatic N) is 1. The number of sulfonamides is 1. The summed E-state index contributed by atoms with van der Waals surface area (Å²) >= 11 is 5.98. The number of hydrogen-bond donors (Lipinski definition) is 1. The minimum absolute atomic E-state index is 0.298. The molecule has 110 valence electrons. The minimum Gasteiger partial charge on any atom is -0.258 e. The molecule has 0 radical (unpaired) electrons. The number of nitro groups is 1. The molecule has 1 aromatic carbocycles. The number of rotatable bonds is 4. The molecule has 0 spiro atoms. The molecule has 1 aliphatic rings. The fourth-order valence-electron chi connectivity index (χ4n) is 2.12. The fourth-order valence-corrected chi connectivity index (χ4v) is 3.86. The number of halogens is 2. The Kier molecular flexibility index (Phi) is 4.26. The number of nitrogens with one attached hydrogen (secondary N) is 1. The van der Waals surface area contributed by atoms with Crippen LogP contribution in [0.3, 0.4) is 0 Å². The van der Waals surface area contributed by atoms with Gasteiger partial charge in [0, 0.05) is 23.6 Å². The highest BCUT2D eigenvalue weighted by Gasteiger charge is 2.30. The molecule has 0 saturated heterocycles. The minimum atomic E-state index is -3.94. The van der Waals surface area contributed by atoms with E-state index in [-0.39, 0.29) is 10.3 Å². The van der Waals surface area contributed by atoms with Crippen LogP contribution in [0.15, 0.2) is 23.1 Å². The predicted octanol–water partition coefficient (Wildman–Crippen LogP) is 2.17. The molecule has 0 aromatic heterocycles. The first-order valence-corrected chi connectivity index (χ1v) is 7.83. The van der Waals surface area contributed by atoms with Crippen molar-refractivity contribution in [2.45, 2.75) is 35.6 Å². The summed E-state index contributed by atoms with van der Waals surface area (Å²) in [6, 6.07) is 2.07. The predicted molar refractivity (Wildman–Crippen MR) is 70.7 cm³/mol. The maximum absolute atomic E-state index is 13.5. The topological polar surface area (TPSA) is 89.3 Å². The maximum atomic E-state index is 13.5. The lowest BCUT2D eigenvalue weighted by molar-refractivity contribution is -0.387. The van der Waals surface area contributed by atoms with E-state index in [1.807, 2.05) is 0 Å². The molecule has 2 atom stereocenters. The van der Waals surface area contributed by atoms with Crippen molar-refractivity contribution in [1.82, 2.24) is 4.72 Å². The second kappa shape index (κ2) is 5.63. The van der Waals surface area contributed by atoms with E-state index < -0.39 is 32.5 Å². The van der Waals surface area contributed by atoms with Crippen LogP contribution in [-0.4, -0.2) is 24.8 Å². The molecule has 0 heterocycles. The van der Waals surface area contributed by atoms with Crippen molar-refractivity contribution in [3.63, 3.8) is 0 Å². The van der Waals surface area contributed by atoms with Crippen LogP contribution in [0.2, 0.25) is 0 Å². The normalized spacial score (nSPS) is 22.9. The van der Waals surface area contributed by atoms with Crippen molar-refractivity contribution in [1.29, 1.82) is 0 Å². The van der Waals surface area contributed by atoms with Crippen LogP contribution >= 0.6 is 11.6 Å². The summed E-state index contributed by atoms with van der Waals surface area (Å²) in [5.41, 5.74) is -0.764. The Morgan fingerprint density at radius 2 is 2.10 bits per heavy atom. The molecular weight excluding hydrogens is 311 g/mol. The zero-order valence-electron chi connectivity index (χ0n) is 10.3. The second-order valence-corrected chi connectivity index (χ2v) is 6.82. The lowest BCUT2D eigenvalue weighted by Gasteiger charge is -2.16. The van der Waals surface area contributed by atoms with E-state index in [0.717, 1.165) is 18.6 Å². The Balaban J connectivity index is 2.25. The van der Waals surface area contributed by atoms with Gasteiger partial charge in [-0.3, -0.25) is 10.1 Å². The molecule has 1 saturated carbocycles. The van der Waals surface area contributed by atoms with Crippen molar-refractivity contribution in [3.05, 3.63) is 34.1 Å². The van der Waals surface area contributed by atoms with Gasteiger partial charge in [-0.15, -0.1) is 11.6 Å². The number of hydrogen-bond acceptors (Lipinski definition) is 4. The Hall–Kier alpha value is -1.25. The van der Waals surface area contributed by atoms with Gasteiger partial charge in [-0.05, 0) is 18.9 Å². The Labute approximate surface area is 120 Å². The molecule has 6 nitrogen and oxygen atoms in total. The monoisotopic (exact) mass is 322 g/mol. The molecule has 9 heteroatoms. The lowest BCUT2D eigenvalue weighted by atomic mass is 10.3. The Bertz CT molecular complexity index is 637. The van der Waals surface area contributed by atoms with Gasteiger partial charge in [0.05, 0.1) is 9.82 Å². The van der Waals surface area contributed by atoms with Gasteiger partial charge < -0.3 is 0 Å². The summed E-state index contributed by atoms with van der Waals surface area (Å²) in [5, 5.41) is 10.2. The van der Waals surface area contributed by atoms with Gasteiger partial charge in [-0.25, -0.2) is 13.1 Å². The zero-order valence-corrected chi connectivity index (χ0v) is 11.8. The largest absolute Gasteiger partial charge is 0.304 e. The van der Waals surface area contributed by atoms with Gasteiger partial charge in [-0.1, -0.05) is 6.42 Å². The lowest BCUT2D eigenvalue weighted by Crippen LogP contribution is -2.37. The molecule has 0 aliphatic heterocycles. The van der Waals surface area contributed by atoms with E-state index in [1.54, 1.807) is 0 Å². The van der Waals surface area contributed by atoms with E-state index in [2.05, 4.69) is 4.72 Å². The number of benzene rings is 1. The Morgan fingerprint density at radius 1 is 1.40 bits per heavy atom. The smallest absolute Gasteiger partial charge is 0.258 e. The van der Waals surface area contributed by atoms with Crippen LogP contribution < -0.4 is 4.72 Å². The molecular formula is C11H12ClFN2O4S. The van der Waals surface area contributed by atoms with Gasteiger partial charge in [0.15, 0.2) is 0 Å². The van der Waals surface area contributed by atoms with Crippen molar-refractivity contribution < 1.29 is 17.7 Å². The van der Waals surface area contributed by atoms with Crippen molar-refractivity contribution >= 4 is 27.3 Å². The molecule has 1 aliphatic carbocycles. The summed E-state index contributed by atoms with van der Waals surface area (Å²) in [7, 11) is -3.94. The van der Waals surface area contributed by atoms with E-state index in [4.69, 9.17) is 11.6 Å². The third-order valence-corrected chi connectivity index (χ3v) is 5.17. The zero-order chi connectivity index (χ0) is 14.9. The van der Waals surface area contributed by atoms with Crippen molar-refractivity contribution in [2.75, 3.05) is 0 Å². The third kappa shape index (κ3) is 3.08. The summed E-state index contributed by atoms with van der Waals surface area (Å²) in [6.07, 6.45) is 2.14. The number of alkyl halides is 1. The second-order valence-electron chi connectivity index (χ2n) is 4.55. The molecule has 1 fully saturated rings. The molecule has 0 bridgehead atoms. The highest BCUT2D eigenvalue weighted by molar-refractivity contribution is 7.89. The van der Waals surface area contributed by atoms with Gasteiger partial charge in [0.1, 0.15) is 0 Å². The molecule has 2 unspecified atom stereocenters. The van der Waals surface area contributed by atoms with Crippen LogP contribution in [0.4, 0.5) is 10.1 Å². The molecule has 1 N–H and O–H groups in total. The summed E-state index contributed by atoms with van der Waals surface area (Å²) in [4.78, 5) is 9.23. The standard InChI is InChI=1S/C11H12ClFN2O4S/c12-8-2-1-3-10(8)14-20(18,19)7-4-5-11(15(16)17)9(13)6-7/h4-6,8,10,14H,1-3H2. The first-order valence-electron chi connectivity index (χ1n) is 5.91. The average Bonchev–Trinajstić information content (AvgIpc) is 2.73. The van der Waals surface area contributed by atoms with Crippen LogP contribution in [-0.2, 0) is 10.0 Å². The fraction of sp³-hybridized carbons (Fsp3) is 0.455. The molecule has 20 heavy (non-hydrogen) atoms. The van der Waals surface area contributed by atoms with Crippen LogP contribution in [0.1, 0.15) is 19.3 Å². The third-order valence-electron chi connectivity index (χ3n) is 3.16. The van der Waals surface area contributed by atoms with Gasteiger partial charge in [-0.2, -0.15) is 4.39 Å². The van der Waals surface area contributed by atoms with Gasteiger partial charge in [0.2, 0.25) is 15.8 Å². The van der Waals surface area contributed by atoms with Crippen LogP contribution in [0.25, 0.3) is 0 Å². The highest BCUT2D eigenvalue weighted by atomic mass is 35.5. The first-order chi connectivity index (χ1) is 9.31. The van der Waals surface area contributed by atoms with Gasteiger partial charge >= 0.3 is 5.69 Å². The summed E-state index contributed by atoms with van der Waals surface area (Å²) in [6.45, 7) is 0. The average molecular weight is 323 g/mol. The maximum Gasteiger partial charge on any atom is 0.304 e. The van der Waals surface area contributed by atoms with Crippen molar-refractivity contribution in [2.24, 2.45) is 0 Å². The van der Waals surface area contributed by atoms with Crippen molar-refractivity contribution in [3.8, 4) is 0 Å². The van der Waals surface area contributed by atoms with E-state index >= 15 is 0 Å².